The quantitative estimate of drug-likeness (QED) is 0.257. The van der Waals surface area contributed by atoms with Crippen LogP contribution in [0.4, 0.5) is 17.1 Å². The van der Waals surface area contributed by atoms with E-state index >= 15 is 0 Å². The molecule has 3 heterocycles. The highest BCUT2D eigenvalue weighted by Gasteiger charge is 2.21. The molecule has 4 heteroatoms. The summed E-state index contributed by atoms with van der Waals surface area (Å²) in [6.07, 6.45) is 6.22. The van der Waals surface area contributed by atoms with Gasteiger partial charge in [-0.05, 0) is 78.2 Å². The van der Waals surface area contributed by atoms with Crippen molar-refractivity contribution in [3.8, 4) is 17.1 Å². The first kappa shape index (κ1) is 21.3. The van der Waals surface area contributed by atoms with E-state index in [0.29, 0.717) is 0 Å². The molecule has 2 aromatic heterocycles. The maximum Gasteiger partial charge on any atom is 0.164 e. The van der Waals surface area contributed by atoms with Crippen LogP contribution in [0.2, 0.25) is 0 Å². The molecule has 4 aromatic carbocycles. The second-order valence-corrected chi connectivity index (χ2v) is 9.24. The zero-order valence-corrected chi connectivity index (χ0v) is 20.4. The van der Waals surface area contributed by atoms with Crippen molar-refractivity contribution in [3.05, 3.63) is 132 Å². The summed E-state index contributed by atoms with van der Waals surface area (Å²) >= 11 is 0. The molecule has 0 unspecified atom stereocenters. The van der Waals surface area contributed by atoms with Crippen molar-refractivity contribution < 1.29 is 0 Å². The summed E-state index contributed by atoms with van der Waals surface area (Å²) in [6.45, 7) is 2.12. The Hall–Kier alpha value is -4.96. The fourth-order valence-corrected chi connectivity index (χ4v) is 5.16. The van der Waals surface area contributed by atoms with Gasteiger partial charge >= 0.3 is 0 Å². The lowest BCUT2D eigenvalue weighted by Crippen LogP contribution is -2.11. The number of hydrogen-bond donors (Lipinski definition) is 0. The van der Waals surface area contributed by atoms with Crippen molar-refractivity contribution in [2.75, 3.05) is 4.90 Å². The molecule has 0 spiro atoms. The van der Waals surface area contributed by atoms with Crippen LogP contribution in [0.25, 0.3) is 40.4 Å². The molecular formula is C33H24N4. The lowest BCUT2D eigenvalue weighted by atomic mass is 10.1. The molecule has 0 saturated heterocycles. The molecule has 1 aliphatic heterocycles. The van der Waals surface area contributed by atoms with Gasteiger partial charge in [0.1, 0.15) is 11.3 Å². The molecule has 7 rings (SSSR count). The zero-order chi connectivity index (χ0) is 24.8. The van der Waals surface area contributed by atoms with Crippen molar-refractivity contribution in [1.82, 2.24) is 14.5 Å². The first-order valence-corrected chi connectivity index (χ1v) is 12.4. The number of rotatable bonds is 3. The number of fused-ring (bicyclic) bond motifs is 3. The summed E-state index contributed by atoms with van der Waals surface area (Å²) in [6, 6.07) is 38.1. The normalized spacial score (nSPS) is 12.3. The third kappa shape index (κ3) is 3.54. The average Bonchev–Trinajstić information content (AvgIpc) is 3.24. The SMILES string of the molecule is Cc1ccccc1-n1c(-c2ccc(N3c4ccccc4C=Cc4ccccc43)cc2)nc2cccnc21. The Morgan fingerprint density at radius 1 is 0.595 bits per heavy atom. The van der Waals surface area contributed by atoms with E-state index in [1.165, 1.54) is 16.7 Å². The van der Waals surface area contributed by atoms with Gasteiger partial charge in [-0.1, -0.05) is 66.7 Å². The molecule has 0 radical (unpaired) electrons. The van der Waals surface area contributed by atoms with Crippen molar-refractivity contribution in [1.29, 1.82) is 0 Å². The van der Waals surface area contributed by atoms with Crippen molar-refractivity contribution >= 4 is 40.4 Å². The minimum Gasteiger partial charge on any atom is -0.309 e. The summed E-state index contributed by atoms with van der Waals surface area (Å²) < 4.78 is 2.17. The molecule has 0 aliphatic carbocycles. The van der Waals surface area contributed by atoms with Gasteiger partial charge in [0.2, 0.25) is 0 Å². The third-order valence-corrected chi connectivity index (χ3v) is 6.95. The van der Waals surface area contributed by atoms with Crippen molar-refractivity contribution in [3.63, 3.8) is 0 Å². The van der Waals surface area contributed by atoms with Gasteiger partial charge in [-0.25, -0.2) is 9.97 Å². The van der Waals surface area contributed by atoms with Crippen LogP contribution < -0.4 is 4.90 Å². The Kier molecular flexibility index (Phi) is 4.96. The van der Waals surface area contributed by atoms with Crippen LogP contribution in [-0.2, 0) is 0 Å². The van der Waals surface area contributed by atoms with Gasteiger partial charge in [0.15, 0.2) is 5.65 Å². The molecule has 0 atom stereocenters. The molecule has 0 bridgehead atoms. The van der Waals surface area contributed by atoms with Crippen LogP contribution in [0.5, 0.6) is 0 Å². The Morgan fingerprint density at radius 3 is 1.89 bits per heavy atom. The molecule has 1 aliphatic rings. The third-order valence-electron chi connectivity index (χ3n) is 6.95. The van der Waals surface area contributed by atoms with E-state index in [1.54, 1.807) is 0 Å². The van der Waals surface area contributed by atoms with E-state index < -0.39 is 0 Å². The number of aromatic nitrogens is 3. The van der Waals surface area contributed by atoms with Gasteiger partial charge < -0.3 is 4.90 Å². The first-order chi connectivity index (χ1) is 18.3. The standard InChI is InChI=1S/C33H24N4/c1-23-9-2-5-13-29(23)37-32(35-28-12-8-22-34-33(28)37)26-18-20-27(21-19-26)36-30-14-6-3-10-24(30)16-17-25-11-4-7-15-31(25)36/h2-22H,1H3. The van der Waals surface area contributed by atoms with E-state index in [1.807, 2.05) is 18.3 Å². The Morgan fingerprint density at radius 2 is 1.22 bits per heavy atom. The largest absolute Gasteiger partial charge is 0.309 e. The van der Waals surface area contributed by atoms with E-state index in [2.05, 4.69) is 131 Å². The van der Waals surface area contributed by atoms with E-state index in [4.69, 9.17) is 4.98 Å². The fraction of sp³-hybridized carbons (Fsp3) is 0.0303. The summed E-state index contributed by atoms with van der Waals surface area (Å²) in [5.74, 6) is 0.882. The van der Waals surface area contributed by atoms with E-state index in [0.717, 1.165) is 45.3 Å². The van der Waals surface area contributed by atoms with Gasteiger partial charge in [0.25, 0.3) is 0 Å². The molecule has 4 nitrogen and oxygen atoms in total. The summed E-state index contributed by atoms with van der Waals surface area (Å²) in [4.78, 5) is 12.0. The van der Waals surface area contributed by atoms with E-state index in [9.17, 15) is 0 Å². The second-order valence-electron chi connectivity index (χ2n) is 9.24. The summed E-state index contributed by atoms with van der Waals surface area (Å²) in [5.41, 5.74) is 10.8. The molecule has 0 N–H and O–H groups in total. The number of aryl methyl sites for hydroxylation is 1. The Balaban J connectivity index is 1.39. The number of benzene rings is 4. The number of anilines is 3. The van der Waals surface area contributed by atoms with Gasteiger partial charge in [0, 0.05) is 17.4 Å². The van der Waals surface area contributed by atoms with Crippen LogP contribution in [0, 0.1) is 6.92 Å². The van der Waals surface area contributed by atoms with Crippen molar-refractivity contribution in [2.24, 2.45) is 0 Å². The van der Waals surface area contributed by atoms with Crippen LogP contribution in [0.1, 0.15) is 16.7 Å². The molecular weight excluding hydrogens is 452 g/mol. The van der Waals surface area contributed by atoms with Crippen LogP contribution in [-0.4, -0.2) is 14.5 Å². The number of hydrogen-bond acceptors (Lipinski definition) is 3. The Bertz CT molecular complexity index is 1740. The lowest BCUT2D eigenvalue weighted by Gasteiger charge is -2.27. The minimum absolute atomic E-state index is 0.859. The minimum atomic E-state index is 0.859. The maximum atomic E-state index is 5.01. The molecule has 37 heavy (non-hydrogen) atoms. The van der Waals surface area contributed by atoms with Gasteiger partial charge in [0.05, 0.1) is 17.1 Å². The zero-order valence-electron chi connectivity index (χ0n) is 20.4. The molecule has 0 fully saturated rings. The molecule has 176 valence electrons. The highest BCUT2D eigenvalue weighted by molar-refractivity contribution is 5.93. The number of pyridine rings is 1. The highest BCUT2D eigenvalue weighted by atomic mass is 15.2. The lowest BCUT2D eigenvalue weighted by molar-refractivity contribution is 1.06. The number of nitrogens with zero attached hydrogens (tertiary/aromatic N) is 4. The predicted octanol–water partition coefficient (Wildman–Crippen LogP) is 8.35. The maximum absolute atomic E-state index is 5.01. The molecule has 6 aromatic rings. The summed E-state index contributed by atoms with van der Waals surface area (Å²) in [5, 5.41) is 0. The summed E-state index contributed by atoms with van der Waals surface area (Å²) in [7, 11) is 0. The monoisotopic (exact) mass is 476 g/mol. The fourth-order valence-electron chi connectivity index (χ4n) is 5.16. The number of para-hydroxylation sites is 3. The van der Waals surface area contributed by atoms with Crippen LogP contribution in [0.3, 0.4) is 0 Å². The Labute approximate surface area is 215 Å². The molecule has 0 amide bonds. The van der Waals surface area contributed by atoms with Crippen molar-refractivity contribution in [2.45, 2.75) is 6.92 Å². The van der Waals surface area contributed by atoms with Gasteiger partial charge in [-0.2, -0.15) is 0 Å². The number of imidazole rings is 1. The van der Waals surface area contributed by atoms with Crippen LogP contribution in [0.15, 0.2) is 115 Å². The molecule has 0 saturated carbocycles. The average molecular weight is 477 g/mol. The smallest absolute Gasteiger partial charge is 0.164 e. The van der Waals surface area contributed by atoms with Gasteiger partial charge in [-0.15, -0.1) is 0 Å². The first-order valence-electron chi connectivity index (χ1n) is 12.4. The van der Waals surface area contributed by atoms with Gasteiger partial charge in [-0.3, -0.25) is 4.57 Å². The highest BCUT2D eigenvalue weighted by Crippen LogP contribution is 2.42. The van der Waals surface area contributed by atoms with E-state index in [-0.39, 0.29) is 0 Å². The predicted molar refractivity (Wildman–Crippen MR) is 153 cm³/mol. The topological polar surface area (TPSA) is 34.0 Å². The van der Waals surface area contributed by atoms with Crippen LogP contribution >= 0.6 is 0 Å². The second kappa shape index (κ2) is 8.61.